The molecular weight excluding hydrogens is 242 g/mol. The van der Waals surface area contributed by atoms with Gasteiger partial charge in [0.25, 0.3) is 0 Å². The van der Waals surface area contributed by atoms with E-state index in [1.807, 2.05) is 10.9 Å². The molecule has 0 aromatic carbocycles. The third-order valence-electron chi connectivity index (χ3n) is 2.31. The van der Waals surface area contributed by atoms with Gasteiger partial charge in [-0.3, -0.25) is 4.68 Å². The van der Waals surface area contributed by atoms with Crippen molar-refractivity contribution in [2.24, 2.45) is 11.7 Å². The van der Waals surface area contributed by atoms with Crippen LogP contribution in [0.3, 0.4) is 0 Å². The SMILES string of the molecule is CC(CN)Cn1ncc(C(C)C)c1Br. The molecule has 2 N–H and O–H groups in total. The number of nitrogens with zero attached hydrogens (tertiary/aromatic N) is 2. The second kappa shape index (κ2) is 4.94. The van der Waals surface area contributed by atoms with Crippen molar-refractivity contribution < 1.29 is 0 Å². The Morgan fingerprint density at radius 3 is 2.57 bits per heavy atom. The van der Waals surface area contributed by atoms with E-state index in [0.29, 0.717) is 18.4 Å². The Bertz CT molecular complexity index is 294. The summed E-state index contributed by atoms with van der Waals surface area (Å²) in [5.74, 6) is 0.970. The molecule has 1 aromatic rings. The van der Waals surface area contributed by atoms with E-state index < -0.39 is 0 Å². The van der Waals surface area contributed by atoms with E-state index in [-0.39, 0.29) is 0 Å². The maximum atomic E-state index is 5.58. The van der Waals surface area contributed by atoms with E-state index in [1.54, 1.807) is 0 Å². The van der Waals surface area contributed by atoms with Crippen molar-refractivity contribution in [1.82, 2.24) is 9.78 Å². The molecule has 0 fully saturated rings. The molecule has 0 aliphatic rings. The molecule has 1 aromatic heterocycles. The van der Waals surface area contributed by atoms with Gasteiger partial charge < -0.3 is 5.73 Å². The largest absolute Gasteiger partial charge is 0.330 e. The zero-order chi connectivity index (χ0) is 10.7. The predicted octanol–water partition coefficient (Wildman–Crippen LogP) is 2.36. The average Bonchev–Trinajstić information content (AvgIpc) is 2.48. The molecule has 0 bridgehead atoms. The van der Waals surface area contributed by atoms with E-state index >= 15 is 0 Å². The summed E-state index contributed by atoms with van der Waals surface area (Å²) in [5, 5.41) is 4.34. The van der Waals surface area contributed by atoms with Crippen molar-refractivity contribution in [2.75, 3.05) is 6.54 Å². The highest BCUT2D eigenvalue weighted by atomic mass is 79.9. The summed E-state index contributed by atoms with van der Waals surface area (Å²) in [6.45, 7) is 8.03. The van der Waals surface area contributed by atoms with Crippen LogP contribution < -0.4 is 5.73 Å². The summed E-state index contributed by atoms with van der Waals surface area (Å²) >= 11 is 3.57. The van der Waals surface area contributed by atoms with E-state index in [0.717, 1.165) is 11.1 Å². The van der Waals surface area contributed by atoms with Gasteiger partial charge in [0.05, 0.1) is 6.20 Å². The molecule has 0 amide bonds. The highest BCUT2D eigenvalue weighted by Crippen LogP contribution is 2.24. The van der Waals surface area contributed by atoms with Gasteiger partial charge in [-0.2, -0.15) is 5.10 Å². The Morgan fingerprint density at radius 1 is 1.50 bits per heavy atom. The zero-order valence-corrected chi connectivity index (χ0v) is 10.6. The summed E-state index contributed by atoms with van der Waals surface area (Å²) in [7, 11) is 0. The first-order valence-corrected chi connectivity index (χ1v) is 5.76. The van der Waals surface area contributed by atoms with Crippen LogP contribution in [0.5, 0.6) is 0 Å². The highest BCUT2D eigenvalue weighted by molar-refractivity contribution is 9.10. The fourth-order valence-corrected chi connectivity index (χ4v) is 2.07. The van der Waals surface area contributed by atoms with Gasteiger partial charge in [-0.15, -0.1) is 0 Å². The molecule has 14 heavy (non-hydrogen) atoms. The first-order valence-electron chi connectivity index (χ1n) is 4.97. The van der Waals surface area contributed by atoms with Gasteiger partial charge in [-0.25, -0.2) is 0 Å². The van der Waals surface area contributed by atoms with Crippen LogP contribution in [-0.4, -0.2) is 16.3 Å². The monoisotopic (exact) mass is 259 g/mol. The summed E-state index contributed by atoms with van der Waals surface area (Å²) in [5.41, 5.74) is 6.84. The lowest BCUT2D eigenvalue weighted by Gasteiger charge is -2.10. The van der Waals surface area contributed by atoms with E-state index in [2.05, 4.69) is 41.8 Å². The summed E-state index contributed by atoms with van der Waals surface area (Å²) in [6, 6.07) is 0. The zero-order valence-electron chi connectivity index (χ0n) is 9.00. The van der Waals surface area contributed by atoms with Crippen LogP contribution in [0.4, 0.5) is 0 Å². The highest BCUT2D eigenvalue weighted by Gasteiger charge is 2.12. The molecule has 0 aliphatic carbocycles. The van der Waals surface area contributed by atoms with Crippen LogP contribution in [-0.2, 0) is 6.54 Å². The lowest BCUT2D eigenvalue weighted by molar-refractivity contribution is 0.452. The predicted molar refractivity (Wildman–Crippen MR) is 62.2 cm³/mol. The molecule has 3 nitrogen and oxygen atoms in total. The Balaban J connectivity index is 2.79. The van der Waals surface area contributed by atoms with Gasteiger partial charge in [0.1, 0.15) is 4.60 Å². The van der Waals surface area contributed by atoms with Crippen LogP contribution in [0.1, 0.15) is 32.3 Å². The summed E-state index contributed by atoms with van der Waals surface area (Å²) in [6.07, 6.45) is 1.93. The van der Waals surface area contributed by atoms with Crippen LogP contribution in [0.15, 0.2) is 10.8 Å². The van der Waals surface area contributed by atoms with E-state index in [9.17, 15) is 0 Å². The number of hydrogen-bond donors (Lipinski definition) is 1. The molecule has 0 saturated carbocycles. The summed E-state index contributed by atoms with van der Waals surface area (Å²) in [4.78, 5) is 0. The quantitative estimate of drug-likeness (QED) is 0.903. The normalized spacial score (nSPS) is 13.6. The molecule has 80 valence electrons. The smallest absolute Gasteiger partial charge is 0.107 e. The van der Waals surface area contributed by atoms with Gasteiger partial charge in [0.2, 0.25) is 0 Å². The van der Waals surface area contributed by atoms with Crippen molar-refractivity contribution in [1.29, 1.82) is 0 Å². The average molecular weight is 260 g/mol. The molecule has 0 aliphatic heterocycles. The third kappa shape index (κ3) is 2.58. The van der Waals surface area contributed by atoms with Gasteiger partial charge >= 0.3 is 0 Å². The topological polar surface area (TPSA) is 43.8 Å². The second-order valence-electron chi connectivity index (χ2n) is 4.07. The third-order valence-corrected chi connectivity index (χ3v) is 3.18. The molecule has 1 heterocycles. The van der Waals surface area contributed by atoms with Crippen LogP contribution >= 0.6 is 15.9 Å². The Morgan fingerprint density at radius 2 is 2.14 bits per heavy atom. The first-order chi connectivity index (χ1) is 6.56. The van der Waals surface area contributed by atoms with Gasteiger partial charge in [-0.05, 0) is 34.3 Å². The van der Waals surface area contributed by atoms with Crippen LogP contribution in [0.2, 0.25) is 0 Å². The van der Waals surface area contributed by atoms with Crippen molar-refractivity contribution in [3.63, 3.8) is 0 Å². The minimum absolute atomic E-state index is 0.464. The molecular formula is C10H18BrN3. The Hall–Kier alpha value is -0.350. The fraction of sp³-hybridized carbons (Fsp3) is 0.700. The number of rotatable bonds is 4. The maximum Gasteiger partial charge on any atom is 0.107 e. The van der Waals surface area contributed by atoms with E-state index in [4.69, 9.17) is 5.73 Å². The van der Waals surface area contributed by atoms with Gasteiger partial charge in [0, 0.05) is 12.1 Å². The van der Waals surface area contributed by atoms with Gasteiger partial charge in [0.15, 0.2) is 0 Å². The molecule has 0 spiro atoms. The number of nitrogens with two attached hydrogens (primary N) is 1. The van der Waals surface area contributed by atoms with Crippen molar-refractivity contribution in [2.45, 2.75) is 33.2 Å². The lowest BCUT2D eigenvalue weighted by atomic mass is 10.1. The Labute approximate surface area is 93.8 Å². The van der Waals surface area contributed by atoms with Crippen molar-refractivity contribution in [3.8, 4) is 0 Å². The molecule has 0 radical (unpaired) electrons. The van der Waals surface area contributed by atoms with Crippen LogP contribution in [0.25, 0.3) is 0 Å². The minimum atomic E-state index is 0.464. The summed E-state index contributed by atoms with van der Waals surface area (Å²) < 4.78 is 3.07. The maximum absolute atomic E-state index is 5.58. The number of hydrogen-bond acceptors (Lipinski definition) is 2. The Kier molecular flexibility index (Phi) is 4.13. The van der Waals surface area contributed by atoms with E-state index in [1.165, 1.54) is 5.56 Å². The molecule has 4 heteroatoms. The van der Waals surface area contributed by atoms with Crippen LogP contribution in [0, 0.1) is 5.92 Å². The standard InChI is InChI=1S/C10H18BrN3/c1-7(2)9-5-13-14(10(9)11)6-8(3)4-12/h5,7-8H,4,6,12H2,1-3H3. The molecule has 1 atom stereocenters. The first kappa shape index (κ1) is 11.7. The second-order valence-corrected chi connectivity index (χ2v) is 4.82. The van der Waals surface area contributed by atoms with Crippen molar-refractivity contribution in [3.05, 3.63) is 16.4 Å². The lowest BCUT2D eigenvalue weighted by Crippen LogP contribution is -2.17. The number of aromatic nitrogens is 2. The number of halogens is 1. The molecule has 1 rings (SSSR count). The minimum Gasteiger partial charge on any atom is -0.330 e. The van der Waals surface area contributed by atoms with Gasteiger partial charge in [-0.1, -0.05) is 20.8 Å². The van der Waals surface area contributed by atoms with Crippen molar-refractivity contribution >= 4 is 15.9 Å². The molecule has 1 unspecified atom stereocenters. The fourth-order valence-electron chi connectivity index (χ4n) is 1.27. The molecule has 0 saturated heterocycles.